The number of epoxide rings is 1. The number of hydrogen-bond donors (Lipinski definition) is 4. The van der Waals surface area contributed by atoms with Gasteiger partial charge in [0.05, 0.1) is 48.5 Å². The average Bonchev–Trinajstić information content (AvgIpc) is 2.65. The van der Waals surface area contributed by atoms with Gasteiger partial charge in [-0.3, -0.25) is 14.9 Å². The predicted molar refractivity (Wildman–Crippen MR) is 276 cm³/mol. The molecule has 0 amide bonds. The first-order valence-electron chi connectivity index (χ1n) is 30.7. The van der Waals surface area contributed by atoms with Gasteiger partial charge in [0.15, 0.2) is 11.9 Å². The molecule has 1 aromatic rings. The van der Waals surface area contributed by atoms with Crippen LogP contribution in [0.1, 0.15) is 161 Å². The first-order chi connectivity index (χ1) is 36.5. The zero-order chi connectivity index (χ0) is 51.9. The lowest BCUT2D eigenvalue weighted by atomic mass is 9.33. The maximum Gasteiger partial charge on any atom is 0.339 e. The van der Waals surface area contributed by atoms with Crippen molar-refractivity contribution >= 4 is 17.7 Å². The Morgan fingerprint density at radius 1 is 0.934 bits per heavy atom. The zero-order valence-corrected chi connectivity index (χ0v) is 45.5. The Labute approximate surface area is 448 Å². The smallest absolute Gasteiger partial charge is 0.339 e. The van der Waals surface area contributed by atoms with Crippen LogP contribution in [-0.4, -0.2) is 106 Å². The van der Waals surface area contributed by atoms with Gasteiger partial charge in [-0.25, -0.2) is 4.79 Å². The Morgan fingerprint density at radius 2 is 1.75 bits per heavy atom. The van der Waals surface area contributed by atoms with Crippen LogP contribution in [0.5, 0.6) is 0 Å². The number of allylic oxidation sites excluding steroid dienone is 1. The Kier molecular flexibility index (Phi) is 10.2. The minimum Gasteiger partial charge on any atom is -0.469 e. The number of aliphatic hydroxyl groups is 3. The molecule has 76 heavy (non-hydrogen) atoms. The van der Waals surface area contributed by atoms with Gasteiger partial charge < -0.3 is 43.6 Å². The second-order valence-electron chi connectivity index (χ2n) is 29.7. The van der Waals surface area contributed by atoms with Crippen molar-refractivity contribution in [2.75, 3.05) is 26.4 Å². The van der Waals surface area contributed by atoms with Crippen LogP contribution in [0.15, 0.2) is 40.7 Å². The number of ether oxygens (including phenoxy) is 4. The van der Waals surface area contributed by atoms with E-state index in [-0.39, 0.29) is 65.9 Å². The lowest BCUT2D eigenvalue weighted by Gasteiger charge is -2.70. The summed E-state index contributed by atoms with van der Waals surface area (Å²) in [6, 6.07) is 2.40. The fourth-order valence-electron chi connectivity index (χ4n) is 24.7. The lowest BCUT2D eigenvalue weighted by molar-refractivity contribution is -0.280. The second-order valence-corrected chi connectivity index (χ2v) is 29.7. The number of fused-ring (bicyclic) bond motifs is 5. The average molecular weight is 1050 g/mol. The molecule has 0 radical (unpaired) electrons. The highest BCUT2D eigenvalue weighted by Crippen LogP contribution is 2.89. The second kappa shape index (κ2) is 15.9. The summed E-state index contributed by atoms with van der Waals surface area (Å²) in [4.78, 5) is 49.5. The van der Waals surface area contributed by atoms with Gasteiger partial charge in [-0.15, -0.1) is 0 Å². The molecule has 16 rings (SSSR count). The quantitative estimate of drug-likeness (QED) is 0.106. The van der Waals surface area contributed by atoms with Crippen molar-refractivity contribution in [1.82, 2.24) is 10.2 Å². The molecular formula is C63H84N2O11. The normalized spacial score (nSPS) is 52.6. The van der Waals surface area contributed by atoms with Gasteiger partial charge in [0.2, 0.25) is 0 Å². The molecule has 412 valence electrons. The van der Waals surface area contributed by atoms with E-state index in [1.807, 2.05) is 6.07 Å². The number of cyclic esters (lactones) is 2. The van der Waals surface area contributed by atoms with Crippen LogP contribution < -0.4 is 5.32 Å². The fraction of sp³-hybridized carbons (Fsp3) is 0.825. The summed E-state index contributed by atoms with van der Waals surface area (Å²) in [6.07, 6.45) is 23.8. The van der Waals surface area contributed by atoms with Crippen LogP contribution in [0.2, 0.25) is 0 Å². The van der Waals surface area contributed by atoms with Crippen molar-refractivity contribution in [3.63, 3.8) is 0 Å². The molecule has 13 nitrogen and oxygen atoms in total. The zero-order valence-electron chi connectivity index (χ0n) is 45.5. The van der Waals surface area contributed by atoms with E-state index in [4.69, 9.17) is 23.4 Å². The number of aliphatic hydroxyl groups excluding tert-OH is 3. The highest BCUT2D eigenvalue weighted by molar-refractivity contribution is 5.94. The molecule has 5 spiro atoms. The topological polar surface area (TPSA) is 181 Å². The van der Waals surface area contributed by atoms with Gasteiger partial charge in [0.1, 0.15) is 35.8 Å². The van der Waals surface area contributed by atoms with E-state index in [9.17, 15) is 20.1 Å². The molecule has 5 bridgehead atoms. The number of Topliss-reactive ketones (excluding diaryl/α,β-unsaturated/α-hetero) is 1. The maximum atomic E-state index is 16.5. The monoisotopic (exact) mass is 1040 g/mol. The molecule has 13 fully saturated rings. The van der Waals surface area contributed by atoms with Gasteiger partial charge in [-0.2, -0.15) is 0 Å². The Hall–Kier alpha value is -3.07. The number of hydrogen-bond acceptors (Lipinski definition) is 13. The molecule has 1 aromatic heterocycles. The number of esters is 2. The van der Waals surface area contributed by atoms with Crippen LogP contribution in [0.4, 0.5) is 0 Å². The highest BCUT2D eigenvalue weighted by atomic mass is 16.7. The van der Waals surface area contributed by atoms with Gasteiger partial charge in [0.25, 0.3) is 0 Å². The third-order valence-electron chi connectivity index (χ3n) is 27.1. The van der Waals surface area contributed by atoms with Crippen molar-refractivity contribution in [2.45, 2.75) is 197 Å². The lowest BCUT2D eigenvalue weighted by Crippen LogP contribution is -2.80. The van der Waals surface area contributed by atoms with Gasteiger partial charge in [-0.1, -0.05) is 77.9 Å². The third kappa shape index (κ3) is 5.60. The van der Waals surface area contributed by atoms with Crippen molar-refractivity contribution < 1.29 is 53.1 Å². The molecule has 23 unspecified atom stereocenters. The number of nitrogens with one attached hydrogen (secondary N) is 1. The Balaban J connectivity index is 0.832. The van der Waals surface area contributed by atoms with E-state index in [0.29, 0.717) is 48.3 Å². The summed E-state index contributed by atoms with van der Waals surface area (Å²) in [7, 11) is 0. The van der Waals surface area contributed by atoms with Crippen molar-refractivity contribution in [2.24, 2.45) is 98.1 Å². The van der Waals surface area contributed by atoms with E-state index in [2.05, 4.69) is 56.3 Å². The number of furan rings is 1. The van der Waals surface area contributed by atoms with E-state index >= 15 is 9.59 Å². The van der Waals surface area contributed by atoms with Crippen LogP contribution in [0, 0.1) is 98.1 Å². The molecule has 0 aromatic carbocycles. The minimum atomic E-state index is -1.49. The van der Waals surface area contributed by atoms with Crippen LogP contribution >= 0.6 is 0 Å². The molecule has 8 aliphatic carbocycles. The third-order valence-corrected chi connectivity index (χ3v) is 27.1. The molecule has 8 saturated carbocycles. The highest BCUT2D eigenvalue weighted by Gasteiger charge is 2.97. The van der Waals surface area contributed by atoms with Crippen LogP contribution in [0.25, 0.3) is 0 Å². The first-order valence-corrected chi connectivity index (χ1v) is 30.7. The van der Waals surface area contributed by atoms with Crippen molar-refractivity contribution in [3.8, 4) is 0 Å². The molecule has 13 heteroatoms. The summed E-state index contributed by atoms with van der Waals surface area (Å²) in [5.41, 5.74) is -5.03. The molecule has 7 aliphatic heterocycles. The summed E-state index contributed by atoms with van der Waals surface area (Å²) < 4.78 is 35.5. The molecule has 4 N–H and O–H groups in total. The van der Waals surface area contributed by atoms with Crippen molar-refractivity contribution in [1.29, 1.82) is 0 Å². The SMILES string of the molecule is CC(CC1C=C2CC3CC4(CCCC4)CC34CC3CC5(C)C(c6ccoc6CC(C(O)CO)C6CCC7C(C=CN8CNCC78)C6)OC(=O)C6OC65C5(C)C(O)C(=O)C6C1(C)OC21C4C(=O)OCC61C35)C1CCCCC1. The van der Waals surface area contributed by atoms with E-state index in [1.54, 1.807) is 6.26 Å². The van der Waals surface area contributed by atoms with Crippen molar-refractivity contribution in [3.05, 3.63) is 47.6 Å². The molecule has 5 saturated heterocycles. The van der Waals surface area contributed by atoms with E-state index in [1.165, 1.54) is 50.5 Å². The Morgan fingerprint density at radius 3 is 2.55 bits per heavy atom. The van der Waals surface area contributed by atoms with Gasteiger partial charge >= 0.3 is 11.9 Å². The number of carbonyl (C=O) groups excluding carboxylic acids is 3. The van der Waals surface area contributed by atoms with E-state index < -0.39 is 80.7 Å². The summed E-state index contributed by atoms with van der Waals surface area (Å²) >= 11 is 0. The van der Waals surface area contributed by atoms with E-state index in [0.717, 1.165) is 83.0 Å². The number of nitrogens with zero attached hydrogens (tertiary/aromatic N) is 1. The summed E-state index contributed by atoms with van der Waals surface area (Å²) in [5, 5.41) is 39.7. The first kappa shape index (κ1) is 48.8. The van der Waals surface area contributed by atoms with Gasteiger partial charge in [0, 0.05) is 41.3 Å². The number of carbonyl (C=O) groups is 3. The number of rotatable bonds is 9. The molecule has 23 atom stereocenters. The summed E-state index contributed by atoms with van der Waals surface area (Å²) in [6.45, 7) is 10.4. The standard InChI is InChI=1S/C63H84N2O11/c1-33(34-10-6-5-7-11-34)20-38-22-39-23-40-27-59(16-8-9-17-59)30-60(40)26-37-25-56(2)52(42-15-19-72-46(42)24-43(45(67)29-66)35-12-13-41-36(21-35)14-18-65-32-64-28-44(41)65)74-55(71)53-63(56,75-53)57(3)48(37)61-31-73-54(70)50(60)62(39,61)76-58(38,4)49(61)47(68)51(57)69/h14-15,18-19,22,33-38,40-41,43-45,48-53,64,66-67,69H,5-13,16-17,20-21,23-32H2,1-4H3. The summed E-state index contributed by atoms with van der Waals surface area (Å²) in [5.74, 6) is -0.183. The number of ketones is 1. The maximum absolute atomic E-state index is 16.5. The van der Waals surface area contributed by atoms with Crippen LogP contribution in [0.3, 0.4) is 0 Å². The molecule has 15 aliphatic rings. The fourth-order valence-corrected chi connectivity index (χ4v) is 24.7. The van der Waals surface area contributed by atoms with Gasteiger partial charge in [-0.05, 0) is 159 Å². The predicted octanol–water partition coefficient (Wildman–Crippen LogP) is 8.14. The Bertz CT molecular complexity index is 2710. The molecular weight excluding hydrogens is 961 g/mol. The van der Waals surface area contributed by atoms with Crippen LogP contribution in [-0.2, 0) is 39.8 Å². The largest absolute Gasteiger partial charge is 0.469 e. The molecule has 8 heterocycles. The minimum absolute atomic E-state index is 0.0477.